The number of carbonyl (C=O) groups excluding carboxylic acids is 8. The number of thioether (sulfide) groups is 2. The first-order valence-electron chi connectivity index (χ1n) is 26.0. The molecule has 4 aliphatic heterocycles. The normalized spacial score (nSPS) is 29.4. The van der Waals surface area contributed by atoms with Crippen molar-refractivity contribution in [3.05, 3.63) is 70.8 Å². The molecule has 4 heterocycles. The minimum Gasteiger partial charge on any atom is -0.354 e. The van der Waals surface area contributed by atoms with E-state index in [1.54, 1.807) is 54.3 Å². The summed E-state index contributed by atoms with van der Waals surface area (Å²) in [4.78, 5) is 115. The third-order valence-corrected chi connectivity index (χ3v) is 18.4. The van der Waals surface area contributed by atoms with Crippen molar-refractivity contribution in [2.24, 2.45) is 22.7 Å². The maximum Gasteiger partial charge on any atom is 0.246 e. The van der Waals surface area contributed by atoms with Crippen molar-refractivity contribution in [3.63, 3.8) is 0 Å². The minimum absolute atomic E-state index is 0.0639. The number of benzene rings is 2. The molecule has 4 fully saturated rings. The van der Waals surface area contributed by atoms with Crippen molar-refractivity contribution in [2.45, 2.75) is 139 Å². The summed E-state index contributed by atoms with van der Waals surface area (Å²) in [7, 11) is 3.34. The summed E-state index contributed by atoms with van der Waals surface area (Å²) in [6, 6.07) is 10.4. The quantitative estimate of drug-likeness (QED) is 0.120. The third-order valence-electron chi connectivity index (χ3n) is 15.9. The fourth-order valence-electron chi connectivity index (χ4n) is 12.1. The molecule has 0 saturated carbocycles. The van der Waals surface area contributed by atoms with E-state index in [0.717, 1.165) is 22.3 Å². The summed E-state index contributed by atoms with van der Waals surface area (Å²) in [5, 5.41) is 23.6. The van der Waals surface area contributed by atoms with Crippen molar-refractivity contribution in [2.75, 3.05) is 45.2 Å². The van der Waals surface area contributed by atoms with E-state index in [9.17, 15) is 38.4 Å². The average molecular weight is 1040 g/mol. The van der Waals surface area contributed by atoms with E-state index in [1.807, 2.05) is 76.2 Å². The molecule has 8 amide bonds. The van der Waals surface area contributed by atoms with E-state index in [1.165, 1.54) is 0 Å². The number of carbonyl (C=O) groups is 8. The Morgan fingerprint density at radius 2 is 1.05 bits per heavy atom. The lowest BCUT2D eigenvalue weighted by atomic mass is 9.78. The highest BCUT2D eigenvalue weighted by Crippen LogP contribution is 2.49. The summed E-state index contributed by atoms with van der Waals surface area (Å²) in [6.45, 7) is 9.95. The fourth-order valence-corrected chi connectivity index (χ4v) is 15.2. The maximum atomic E-state index is 14.8. The SMILES string of the molecule is CNCC(=O)N[C@H]1CCS[C@H]2CC(C)(C)[C@@H](C(=O)N[C@@H]3c4ccccc4CC[C@H]3C(=O)NCCNC(=O)[C@@H]3CCc4ccccc4[C@H]3NC(=O)[C@H]3N4C(=O)[C@@H](NC(=O)[C@H](C)NC)CCS[C@H]4CC3(C)C)N2C1=O. The molecular weight excluding hydrogens is 969 g/mol. The summed E-state index contributed by atoms with van der Waals surface area (Å²) >= 11 is 3.24. The van der Waals surface area contributed by atoms with Crippen LogP contribution < -0.4 is 42.5 Å². The summed E-state index contributed by atoms with van der Waals surface area (Å²) in [6.07, 6.45) is 4.24. The highest BCUT2D eigenvalue weighted by molar-refractivity contribution is 8.00. The second-order valence-electron chi connectivity index (χ2n) is 21.9. The predicted octanol–water partition coefficient (Wildman–Crippen LogP) is 2.04. The van der Waals surface area contributed by atoms with Gasteiger partial charge in [0.15, 0.2) is 0 Å². The van der Waals surface area contributed by atoms with Crippen LogP contribution in [0.15, 0.2) is 48.5 Å². The molecule has 0 bridgehead atoms. The van der Waals surface area contributed by atoms with Crippen LogP contribution in [0.3, 0.4) is 0 Å². The van der Waals surface area contributed by atoms with E-state index >= 15 is 0 Å². The number of fused-ring (bicyclic) bond motifs is 4. The molecule has 11 atom stereocenters. The van der Waals surface area contributed by atoms with Crippen molar-refractivity contribution in [3.8, 4) is 0 Å². The Bertz CT molecular complexity index is 2460. The summed E-state index contributed by atoms with van der Waals surface area (Å²) in [5.74, 6) is -2.43. The zero-order chi connectivity index (χ0) is 52.4. The highest BCUT2D eigenvalue weighted by atomic mass is 32.2. The number of nitrogens with one attached hydrogen (secondary N) is 8. The molecule has 4 saturated heterocycles. The van der Waals surface area contributed by atoms with Gasteiger partial charge in [-0.1, -0.05) is 76.2 Å². The van der Waals surface area contributed by atoms with Gasteiger partial charge >= 0.3 is 0 Å². The van der Waals surface area contributed by atoms with E-state index in [0.29, 0.717) is 62.9 Å². The van der Waals surface area contributed by atoms with Crippen molar-refractivity contribution in [1.82, 2.24) is 52.3 Å². The second-order valence-corrected chi connectivity index (χ2v) is 24.4. The molecule has 2 aliphatic carbocycles. The Balaban J connectivity index is 0.933. The average Bonchev–Trinajstić information content (AvgIpc) is 3.68. The zero-order valence-electron chi connectivity index (χ0n) is 43.1. The number of hydrogen-bond acceptors (Lipinski definition) is 12. The molecule has 8 rings (SSSR count). The van der Waals surface area contributed by atoms with Crippen LogP contribution in [0.25, 0.3) is 0 Å². The lowest BCUT2D eigenvalue weighted by Gasteiger charge is -2.38. The van der Waals surface area contributed by atoms with E-state index in [2.05, 4.69) is 42.5 Å². The maximum absolute atomic E-state index is 14.8. The van der Waals surface area contributed by atoms with Gasteiger partial charge in [-0.2, -0.15) is 0 Å². The largest absolute Gasteiger partial charge is 0.354 e. The molecule has 0 unspecified atom stereocenters. The first-order chi connectivity index (χ1) is 34.8. The van der Waals surface area contributed by atoms with Gasteiger partial charge in [-0.05, 0) is 117 Å². The lowest BCUT2D eigenvalue weighted by molar-refractivity contribution is -0.144. The Morgan fingerprint density at radius 1 is 0.616 bits per heavy atom. The van der Waals surface area contributed by atoms with Crippen LogP contribution in [0.5, 0.6) is 0 Å². The molecule has 2 aromatic rings. The van der Waals surface area contributed by atoms with Crippen LogP contribution in [0, 0.1) is 22.7 Å². The number of rotatable bonds is 15. The summed E-state index contributed by atoms with van der Waals surface area (Å²) in [5.41, 5.74) is 2.52. The van der Waals surface area contributed by atoms with Crippen LogP contribution in [0.4, 0.5) is 0 Å². The van der Waals surface area contributed by atoms with Crippen LogP contribution in [0.2, 0.25) is 0 Å². The number of nitrogens with zero attached hydrogens (tertiary/aromatic N) is 2. The first kappa shape index (κ1) is 54.1. The molecule has 0 spiro atoms. The molecule has 73 heavy (non-hydrogen) atoms. The Labute approximate surface area is 437 Å². The first-order valence-corrected chi connectivity index (χ1v) is 28.1. The van der Waals surface area contributed by atoms with Gasteiger partial charge in [0, 0.05) is 13.1 Å². The third kappa shape index (κ3) is 11.4. The topological polar surface area (TPSA) is 239 Å². The van der Waals surface area contributed by atoms with Crippen molar-refractivity contribution in [1.29, 1.82) is 0 Å². The molecule has 0 radical (unpaired) electrons. The molecular formula is C53H74N10O8S2. The number of amides is 8. The van der Waals surface area contributed by atoms with Gasteiger partial charge in [0.1, 0.15) is 24.2 Å². The van der Waals surface area contributed by atoms with E-state index < -0.39 is 65.0 Å². The van der Waals surface area contributed by atoms with Crippen molar-refractivity contribution < 1.29 is 38.4 Å². The van der Waals surface area contributed by atoms with E-state index in [4.69, 9.17) is 0 Å². The smallest absolute Gasteiger partial charge is 0.246 e. The Hall–Kier alpha value is -5.18. The summed E-state index contributed by atoms with van der Waals surface area (Å²) < 4.78 is 0. The minimum atomic E-state index is -0.850. The van der Waals surface area contributed by atoms with Gasteiger partial charge in [0.25, 0.3) is 0 Å². The van der Waals surface area contributed by atoms with Gasteiger partial charge in [-0.25, -0.2) is 0 Å². The zero-order valence-corrected chi connectivity index (χ0v) is 44.8. The van der Waals surface area contributed by atoms with E-state index in [-0.39, 0.29) is 77.6 Å². The number of hydrogen-bond donors (Lipinski definition) is 8. The standard InChI is InChI=1S/C53H74N10O8S2/c1-29(55-7)45(65)59-37-21-25-73-40-27-53(4,5)44(63(40)51(37)71)49(69)61-42-33-15-11-9-13-31(33)17-19-35(42)47(67)57-23-22-56-46(66)34-18-16-30-12-8-10-14-32(30)41(34)60-48(68)43-52(2,3)26-39-62(43)50(70)36(20-24-72-39)58-38(64)28-54-6/h8-15,29,34-37,39-44,54-55H,16-28H2,1-7H3,(H,56,66)(H,57,67)(H,58,64)(H,59,65)(H,60,68)(H,61,69)/t29-,34+,35+,36-,37-,39-,40-,41+,42+,43+,44+/m0/s1. The molecule has 20 heteroatoms. The van der Waals surface area contributed by atoms with Crippen molar-refractivity contribution >= 4 is 70.8 Å². The Kier molecular flexibility index (Phi) is 16.9. The van der Waals surface area contributed by atoms with Crippen LogP contribution in [0.1, 0.15) is 107 Å². The van der Waals surface area contributed by atoms with Gasteiger partial charge in [0.05, 0.1) is 47.3 Å². The van der Waals surface area contributed by atoms with Gasteiger partial charge in [0.2, 0.25) is 47.3 Å². The molecule has 6 aliphatic rings. The molecule has 8 N–H and O–H groups in total. The second kappa shape index (κ2) is 22.7. The number of aryl methyl sites for hydroxylation is 2. The van der Waals surface area contributed by atoms with Gasteiger partial charge in [-0.3, -0.25) is 38.4 Å². The van der Waals surface area contributed by atoms with Crippen LogP contribution in [-0.2, 0) is 51.2 Å². The van der Waals surface area contributed by atoms with Crippen LogP contribution in [-0.4, -0.2) is 143 Å². The van der Waals surface area contributed by atoms with Gasteiger partial charge in [-0.15, -0.1) is 23.5 Å². The molecule has 2 aromatic carbocycles. The number of likely N-dealkylation sites (N-methyl/N-ethyl adjacent to an activating group) is 2. The predicted molar refractivity (Wildman–Crippen MR) is 280 cm³/mol. The Morgan fingerprint density at radius 3 is 1.49 bits per heavy atom. The lowest BCUT2D eigenvalue weighted by Crippen LogP contribution is -2.58. The van der Waals surface area contributed by atoms with Crippen LogP contribution >= 0.6 is 23.5 Å². The monoisotopic (exact) mass is 1040 g/mol. The molecule has 18 nitrogen and oxygen atoms in total. The fraction of sp³-hybridized carbons (Fsp3) is 0.623. The molecule has 396 valence electrons. The molecule has 0 aromatic heterocycles. The van der Waals surface area contributed by atoms with Gasteiger partial charge < -0.3 is 52.3 Å². The highest BCUT2D eigenvalue weighted by Gasteiger charge is 2.57.